The quantitative estimate of drug-likeness (QED) is 0.286. The van der Waals surface area contributed by atoms with Crippen LogP contribution in [-0.4, -0.2) is 34.8 Å². The van der Waals surface area contributed by atoms with Gasteiger partial charge in [0.15, 0.2) is 0 Å². The second kappa shape index (κ2) is 7.46. The average Bonchev–Trinajstić information content (AvgIpc) is 1.68. The van der Waals surface area contributed by atoms with Crippen LogP contribution in [-0.2, 0) is 24.4 Å². The maximum atomic E-state index is 8.32. The van der Waals surface area contributed by atoms with Gasteiger partial charge in [-0.25, -0.2) is 4.89 Å². The van der Waals surface area contributed by atoms with Crippen molar-refractivity contribution in [2.24, 2.45) is 0 Å². The first-order chi connectivity index (χ1) is 3.31. The van der Waals surface area contributed by atoms with Crippen molar-refractivity contribution in [3.05, 3.63) is 0 Å². The average molecular weight is 173 g/mol. The monoisotopic (exact) mass is 172 g/mol. The Labute approximate surface area is 59.8 Å². The topological polar surface area (TPSA) is 69.9 Å². The summed E-state index contributed by atoms with van der Waals surface area (Å²) in [6.45, 7) is -0.628. The van der Waals surface area contributed by atoms with E-state index in [4.69, 9.17) is 15.5 Å². The molecule has 0 aromatic heterocycles. The van der Waals surface area contributed by atoms with Gasteiger partial charge in [0, 0.05) is 19.5 Å². The van der Waals surface area contributed by atoms with Crippen LogP contribution in [0.3, 0.4) is 0 Å². The van der Waals surface area contributed by atoms with Gasteiger partial charge in [-0.1, -0.05) is 0 Å². The van der Waals surface area contributed by atoms with E-state index in [-0.39, 0.29) is 32.7 Å². The Kier molecular flexibility index (Phi) is 10.5. The van der Waals surface area contributed by atoms with Crippen LogP contribution in [0, 0.1) is 0 Å². The molecule has 0 saturated carbocycles. The van der Waals surface area contributed by atoms with Crippen molar-refractivity contribution in [2.75, 3.05) is 13.2 Å². The normalized spacial score (nSPS) is 12.4. The zero-order valence-corrected chi connectivity index (χ0v) is 7.42. The molecule has 0 spiro atoms. The zero-order chi connectivity index (χ0) is 5.70. The van der Waals surface area contributed by atoms with Gasteiger partial charge < -0.3 is 10.2 Å². The molecule has 46 valence electrons. The van der Waals surface area contributed by atoms with Crippen LogP contribution < -0.4 is 0 Å². The molecule has 4 nitrogen and oxygen atoms in total. The van der Waals surface area contributed by atoms with E-state index in [9.17, 15) is 0 Å². The summed E-state index contributed by atoms with van der Waals surface area (Å²) >= 11 is 0. The Balaban J connectivity index is 0. The van der Waals surface area contributed by atoms with Gasteiger partial charge in [-0.2, -0.15) is 0 Å². The summed E-state index contributed by atoms with van der Waals surface area (Å²) in [5.74, 6) is 0. The molecule has 0 aliphatic heterocycles. The van der Waals surface area contributed by atoms with E-state index >= 15 is 0 Å². The van der Waals surface area contributed by atoms with Crippen LogP contribution in [0.2, 0.25) is 0 Å². The smallest absolute Gasteiger partial charge is 0.110 e. The van der Waals surface area contributed by atoms with Gasteiger partial charge in [0.25, 0.3) is 0 Å². The van der Waals surface area contributed by atoms with Gasteiger partial charge in [-0.05, 0) is 0 Å². The predicted molar refractivity (Wildman–Crippen MR) is 21.7 cm³/mol. The first-order valence-corrected chi connectivity index (χ1v) is 1.86. The molecule has 3 N–H and O–H groups in total. The number of hydrogen-bond donors (Lipinski definition) is 3. The van der Waals surface area contributed by atoms with E-state index < -0.39 is 6.10 Å². The summed E-state index contributed by atoms with van der Waals surface area (Å²) in [6, 6.07) is 0. The molecule has 0 amide bonds. The van der Waals surface area contributed by atoms with Crippen LogP contribution >= 0.6 is 0 Å². The standard InChI is InChI=1S/C3H8O4.Zn/c4-1-3(5)2-7-6;/h3-6H,1-2H2;. The third-order valence-corrected chi connectivity index (χ3v) is 0.478. The Hall–Kier alpha value is 0.463. The van der Waals surface area contributed by atoms with Crippen molar-refractivity contribution in [1.29, 1.82) is 0 Å². The summed E-state index contributed by atoms with van der Waals surface area (Å²) in [5, 5.41) is 23.9. The van der Waals surface area contributed by atoms with E-state index in [0.29, 0.717) is 0 Å². The van der Waals surface area contributed by atoms with Crippen LogP contribution in [0.5, 0.6) is 0 Å². The van der Waals surface area contributed by atoms with Crippen molar-refractivity contribution in [3.63, 3.8) is 0 Å². The molecule has 0 aromatic rings. The molecule has 0 saturated heterocycles. The van der Waals surface area contributed by atoms with Gasteiger partial charge in [0.05, 0.1) is 6.61 Å². The first kappa shape index (κ1) is 11.3. The van der Waals surface area contributed by atoms with Crippen molar-refractivity contribution in [1.82, 2.24) is 0 Å². The number of hydrogen-bond acceptors (Lipinski definition) is 4. The molecule has 0 bridgehead atoms. The summed E-state index contributed by atoms with van der Waals surface area (Å²) in [6.07, 6.45) is -0.968. The Morgan fingerprint density at radius 3 is 2.12 bits per heavy atom. The third-order valence-electron chi connectivity index (χ3n) is 0.478. The molecule has 0 aliphatic carbocycles. The van der Waals surface area contributed by atoms with Crippen molar-refractivity contribution >= 4 is 0 Å². The van der Waals surface area contributed by atoms with Gasteiger partial charge in [-0.15, -0.1) is 0 Å². The zero-order valence-electron chi connectivity index (χ0n) is 4.45. The van der Waals surface area contributed by atoms with E-state index in [1.165, 1.54) is 0 Å². The van der Waals surface area contributed by atoms with Crippen molar-refractivity contribution < 1.29 is 39.8 Å². The molecule has 5 heteroatoms. The largest absolute Gasteiger partial charge is 0.394 e. The molecule has 1 atom stereocenters. The minimum Gasteiger partial charge on any atom is -0.394 e. The maximum Gasteiger partial charge on any atom is 0.110 e. The van der Waals surface area contributed by atoms with Crippen molar-refractivity contribution in [2.45, 2.75) is 6.10 Å². The van der Waals surface area contributed by atoms with Crippen molar-refractivity contribution in [3.8, 4) is 0 Å². The van der Waals surface area contributed by atoms with E-state index in [2.05, 4.69) is 4.89 Å². The minimum atomic E-state index is -0.968. The number of rotatable bonds is 3. The Morgan fingerprint density at radius 2 is 2.00 bits per heavy atom. The molecule has 0 fully saturated rings. The van der Waals surface area contributed by atoms with Crippen LogP contribution in [0.25, 0.3) is 0 Å². The fraction of sp³-hybridized carbons (Fsp3) is 1.00. The second-order valence-electron chi connectivity index (χ2n) is 1.13. The minimum absolute atomic E-state index is 0. The second-order valence-corrected chi connectivity index (χ2v) is 1.13. The fourth-order valence-electron chi connectivity index (χ4n) is 0.139. The first-order valence-electron chi connectivity index (χ1n) is 1.86. The van der Waals surface area contributed by atoms with E-state index in [1.54, 1.807) is 0 Å². The number of aliphatic hydroxyl groups excluding tert-OH is 2. The Morgan fingerprint density at radius 1 is 1.50 bits per heavy atom. The molecule has 0 aromatic carbocycles. The summed E-state index contributed by atoms with van der Waals surface area (Å²) in [7, 11) is 0. The van der Waals surface area contributed by atoms with Crippen LogP contribution in [0.4, 0.5) is 0 Å². The van der Waals surface area contributed by atoms with Crippen LogP contribution in [0.1, 0.15) is 0 Å². The summed E-state index contributed by atoms with van der Waals surface area (Å²) < 4.78 is 0. The third kappa shape index (κ3) is 6.46. The van der Waals surface area contributed by atoms with E-state index in [0.717, 1.165) is 0 Å². The van der Waals surface area contributed by atoms with Gasteiger partial charge in [0.1, 0.15) is 12.7 Å². The molecular formula is C3H8O4Zn. The van der Waals surface area contributed by atoms with Crippen LogP contribution in [0.15, 0.2) is 0 Å². The van der Waals surface area contributed by atoms with Gasteiger partial charge in [-0.3, -0.25) is 5.26 Å². The van der Waals surface area contributed by atoms with Gasteiger partial charge >= 0.3 is 0 Å². The molecule has 0 rings (SSSR count). The Bertz CT molecular complexity index is 42.3. The number of aliphatic hydroxyl groups is 2. The molecule has 0 radical (unpaired) electrons. The van der Waals surface area contributed by atoms with Gasteiger partial charge in [0.2, 0.25) is 0 Å². The molecule has 8 heavy (non-hydrogen) atoms. The molecule has 0 heterocycles. The molecule has 0 aliphatic rings. The predicted octanol–water partition coefficient (Wildman–Crippen LogP) is -1.17. The fourth-order valence-corrected chi connectivity index (χ4v) is 0.139. The summed E-state index contributed by atoms with van der Waals surface area (Å²) in [4.78, 5) is 3.48. The van der Waals surface area contributed by atoms with E-state index in [1.807, 2.05) is 0 Å². The summed E-state index contributed by atoms with van der Waals surface area (Å²) in [5.41, 5.74) is 0. The molecule has 1 unspecified atom stereocenters. The maximum absolute atomic E-state index is 8.32. The SMILES string of the molecule is OCC(O)COO.[Zn]. The molecular weight excluding hydrogens is 165 g/mol.